The molecule has 5 heteroatoms. The van der Waals surface area contributed by atoms with E-state index in [1.165, 1.54) is 12.7 Å². The zero-order chi connectivity index (χ0) is 15.4. The maximum Gasteiger partial charge on any atom is 0.406 e. The third-order valence-electron chi connectivity index (χ3n) is 3.79. The molecule has 0 fully saturated rings. The van der Waals surface area contributed by atoms with Gasteiger partial charge in [0.05, 0.1) is 20.3 Å². The molecular formula is C17H18N2O3. The number of benzene rings is 1. The van der Waals surface area contributed by atoms with Gasteiger partial charge in [0.15, 0.2) is 0 Å². The van der Waals surface area contributed by atoms with E-state index in [0.717, 1.165) is 23.1 Å². The lowest BCUT2D eigenvalue weighted by molar-refractivity contribution is 0.0420. The highest BCUT2D eigenvalue weighted by atomic mass is 16.5. The van der Waals surface area contributed by atoms with Crippen LogP contribution in [0, 0.1) is 0 Å². The van der Waals surface area contributed by atoms with Crippen LogP contribution in [0.15, 0.2) is 42.7 Å². The number of amides is 1. The van der Waals surface area contributed by atoms with Gasteiger partial charge in [0.1, 0.15) is 6.10 Å². The number of nitrogens with one attached hydrogen (secondary N) is 1. The maximum atomic E-state index is 11.2. The monoisotopic (exact) mass is 298 g/mol. The molecule has 1 aliphatic rings. The predicted octanol–water partition coefficient (Wildman–Crippen LogP) is 2.72. The number of hydrogen-bond donors (Lipinski definition) is 1. The lowest BCUT2D eigenvalue weighted by Crippen LogP contribution is -2.31. The number of aromatic nitrogens is 1. The molecule has 1 aliphatic heterocycles. The number of rotatable bonds is 3. The molecule has 0 spiro atoms. The molecule has 1 aromatic heterocycles. The Morgan fingerprint density at radius 3 is 3.09 bits per heavy atom. The Hall–Kier alpha value is -2.40. The highest BCUT2D eigenvalue weighted by Gasteiger charge is 2.22. The molecule has 0 radical (unpaired) electrons. The Kier molecular flexibility index (Phi) is 4.34. The van der Waals surface area contributed by atoms with E-state index in [1.54, 1.807) is 6.20 Å². The second-order valence-corrected chi connectivity index (χ2v) is 5.14. The Balaban J connectivity index is 1.82. The van der Waals surface area contributed by atoms with E-state index < -0.39 is 6.09 Å². The molecule has 0 saturated heterocycles. The number of carbonyl (C=O) groups excluding carboxylic acids is 1. The summed E-state index contributed by atoms with van der Waals surface area (Å²) < 4.78 is 10.4. The molecule has 1 atom stereocenters. The third kappa shape index (κ3) is 3.09. The van der Waals surface area contributed by atoms with Crippen LogP contribution in [0.2, 0.25) is 0 Å². The van der Waals surface area contributed by atoms with Gasteiger partial charge >= 0.3 is 6.09 Å². The van der Waals surface area contributed by atoms with Crippen molar-refractivity contribution in [3.05, 3.63) is 53.9 Å². The number of ether oxygens (including phenoxy) is 2. The summed E-state index contributed by atoms with van der Waals surface area (Å²) in [6.45, 7) is 1.06. The number of alkyl carbamates (subject to hydrolysis) is 1. The van der Waals surface area contributed by atoms with Crippen molar-refractivity contribution in [3.63, 3.8) is 0 Å². The van der Waals surface area contributed by atoms with E-state index in [0.29, 0.717) is 13.2 Å². The quantitative estimate of drug-likeness (QED) is 0.946. The number of carbonyl (C=O) groups is 1. The highest BCUT2D eigenvalue weighted by Crippen LogP contribution is 2.30. The van der Waals surface area contributed by atoms with Gasteiger partial charge in [0.25, 0.3) is 0 Å². The van der Waals surface area contributed by atoms with Crippen molar-refractivity contribution >= 4 is 6.09 Å². The van der Waals surface area contributed by atoms with Gasteiger partial charge < -0.3 is 14.8 Å². The molecule has 0 aliphatic carbocycles. The summed E-state index contributed by atoms with van der Waals surface area (Å²) in [7, 11) is 1.35. The van der Waals surface area contributed by atoms with Crippen LogP contribution in [0.4, 0.5) is 4.79 Å². The smallest absolute Gasteiger partial charge is 0.406 e. The Labute approximate surface area is 129 Å². The van der Waals surface area contributed by atoms with Gasteiger partial charge in [-0.15, -0.1) is 0 Å². The molecule has 1 amide bonds. The van der Waals surface area contributed by atoms with Crippen LogP contribution >= 0.6 is 0 Å². The van der Waals surface area contributed by atoms with Crippen LogP contribution in [-0.2, 0) is 15.9 Å². The van der Waals surface area contributed by atoms with Crippen molar-refractivity contribution in [2.45, 2.75) is 12.5 Å². The van der Waals surface area contributed by atoms with E-state index >= 15 is 0 Å². The number of hydrogen-bond acceptors (Lipinski definition) is 4. The van der Waals surface area contributed by atoms with E-state index in [1.807, 2.05) is 18.3 Å². The Morgan fingerprint density at radius 1 is 1.41 bits per heavy atom. The molecule has 1 aromatic carbocycles. The minimum Gasteiger partial charge on any atom is -0.453 e. The first kappa shape index (κ1) is 14.5. The van der Waals surface area contributed by atoms with Gasteiger partial charge in [-0.2, -0.15) is 0 Å². The van der Waals surface area contributed by atoms with Crippen molar-refractivity contribution in [2.24, 2.45) is 0 Å². The summed E-state index contributed by atoms with van der Waals surface area (Å²) >= 11 is 0. The van der Waals surface area contributed by atoms with Gasteiger partial charge in [-0.05, 0) is 34.7 Å². The van der Waals surface area contributed by atoms with Crippen molar-refractivity contribution < 1.29 is 14.3 Å². The van der Waals surface area contributed by atoms with Crippen molar-refractivity contribution in [2.75, 3.05) is 20.3 Å². The lowest BCUT2D eigenvalue weighted by atomic mass is 9.93. The zero-order valence-electron chi connectivity index (χ0n) is 12.4. The fourth-order valence-corrected chi connectivity index (χ4v) is 2.67. The number of pyridine rings is 1. The van der Waals surface area contributed by atoms with Gasteiger partial charge in [-0.1, -0.05) is 24.3 Å². The van der Waals surface area contributed by atoms with E-state index in [2.05, 4.69) is 33.2 Å². The van der Waals surface area contributed by atoms with Gasteiger partial charge in [-0.3, -0.25) is 4.98 Å². The largest absolute Gasteiger partial charge is 0.453 e. The molecule has 3 rings (SSSR count). The maximum absolute atomic E-state index is 11.2. The van der Waals surface area contributed by atoms with Gasteiger partial charge in [0, 0.05) is 12.4 Å². The number of methoxy groups -OCH3 is 1. The van der Waals surface area contributed by atoms with E-state index in [9.17, 15) is 4.79 Å². The van der Waals surface area contributed by atoms with Gasteiger partial charge in [0.2, 0.25) is 0 Å². The molecule has 1 N–H and O–H groups in total. The number of nitrogens with zero attached hydrogens (tertiary/aromatic N) is 1. The summed E-state index contributed by atoms with van der Waals surface area (Å²) in [5.41, 5.74) is 4.62. The van der Waals surface area contributed by atoms with Crippen molar-refractivity contribution in [3.8, 4) is 11.1 Å². The standard InChI is InChI=1S/C17H18N2O3/c1-21-17(20)19-11-16-15-5-4-12(9-13(15)6-8-22-16)14-3-2-7-18-10-14/h2-5,7,9-10,16H,6,8,11H2,1H3,(H,19,20). The summed E-state index contributed by atoms with van der Waals surface area (Å²) in [5.74, 6) is 0. The summed E-state index contributed by atoms with van der Waals surface area (Å²) in [4.78, 5) is 15.4. The lowest BCUT2D eigenvalue weighted by Gasteiger charge is -2.26. The Bertz CT molecular complexity index is 658. The summed E-state index contributed by atoms with van der Waals surface area (Å²) in [5, 5.41) is 2.69. The topological polar surface area (TPSA) is 60.5 Å². The fraction of sp³-hybridized carbons (Fsp3) is 0.294. The molecule has 5 nitrogen and oxygen atoms in total. The average molecular weight is 298 g/mol. The van der Waals surface area contributed by atoms with Crippen LogP contribution in [-0.4, -0.2) is 31.3 Å². The molecule has 0 saturated carbocycles. The highest BCUT2D eigenvalue weighted by molar-refractivity contribution is 5.67. The second kappa shape index (κ2) is 6.58. The minimum atomic E-state index is -0.442. The minimum absolute atomic E-state index is 0.134. The number of fused-ring (bicyclic) bond motifs is 1. The molecule has 1 unspecified atom stereocenters. The van der Waals surface area contributed by atoms with Crippen LogP contribution in [0.3, 0.4) is 0 Å². The van der Waals surface area contributed by atoms with Gasteiger partial charge in [-0.25, -0.2) is 4.79 Å². The SMILES string of the molecule is COC(=O)NCC1OCCc2cc(-c3cccnc3)ccc21. The van der Waals surface area contributed by atoms with E-state index in [-0.39, 0.29) is 6.10 Å². The van der Waals surface area contributed by atoms with Crippen molar-refractivity contribution in [1.82, 2.24) is 10.3 Å². The average Bonchev–Trinajstić information content (AvgIpc) is 2.59. The first-order valence-electron chi connectivity index (χ1n) is 7.24. The normalized spacial score (nSPS) is 16.7. The Morgan fingerprint density at radius 2 is 2.32 bits per heavy atom. The molecule has 22 heavy (non-hydrogen) atoms. The van der Waals surface area contributed by atoms with Crippen LogP contribution in [0.25, 0.3) is 11.1 Å². The molecule has 114 valence electrons. The predicted molar refractivity (Wildman–Crippen MR) is 82.5 cm³/mol. The van der Waals surface area contributed by atoms with Crippen LogP contribution in [0.1, 0.15) is 17.2 Å². The molecule has 2 heterocycles. The first-order valence-corrected chi connectivity index (χ1v) is 7.24. The third-order valence-corrected chi connectivity index (χ3v) is 3.79. The van der Waals surface area contributed by atoms with Crippen LogP contribution in [0.5, 0.6) is 0 Å². The molecule has 2 aromatic rings. The first-order chi connectivity index (χ1) is 10.8. The molecule has 0 bridgehead atoms. The fourth-order valence-electron chi connectivity index (χ4n) is 2.67. The molecular weight excluding hydrogens is 280 g/mol. The van der Waals surface area contributed by atoms with E-state index in [4.69, 9.17) is 4.74 Å². The zero-order valence-corrected chi connectivity index (χ0v) is 12.4. The van der Waals surface area contributed by atoms with Crippen molar-refractivity contribution in [1.29, 1.82) is 0 Å². The summed E-state index contributed by atoms with van der Waals surface area (Å²) in [6, 6.07) is 10.3. The second-order valence-electron chi connectivity index (χ2n) is 5.14. The van der Waals surface area contributed by atoms with Crippen LogP contribution < -0.4 is 5.32 Å². The summed E-state index contributed by atoms with van der Waals surface area (Å²) in [6.07, 6.45) is 3.92.